The highest BCUT2D eigenvalue weighted by Crippen LogP contribution is 2.34. The maximum absolute atomic E-state index is 12.6. The lowest BCUT2D eigenvalue weighted by molar-refractivity contribution is 0.260. The molecule has 4 heterocycles. The van der Waals surface area contributed by atoms with E-state index in [4.69, 9.17) is 0 Å². The SMILES string of the molecule is O=c1[nH]cccc1Nc1ncc2[nH]c(=O)n([C@H]3CC[C@H](n4cncn4)CC3)c2n1. The quantitative estimate of drug-likeness (QED) is 0.477. The zero-order chi connectivity index (χ0) is 19.8. The van der Waals surface area contributed by atoms with Crippen LogP contribution in [0.25, 0.3) is 11.2 Å². The molecule has 1 aliphatic rings. The molecule has 1 aliphatic carbocycles. The number of fused-ring (bicyclic) bond motifs is 1. The second-order valence-electron chi connectivity index (χ2n) is 7.11. The molecule has 0 atom stereocenters. The lowest BCUT2D eigenvalue weighted by Crippen LogP contribution is -2.27. The van der Waals surface area contributed by atoms with Crippen molar-refractivity contribution in [1.29, 1.82) is 0 Å². The summed E-state index contributed by atoms with van der Waals surface area (Å²) in [6.45, 7) is 0. The zero-order valence-corrected chi connectivity index (χ0v) is 15.4. The van der Waals surface area contributed by atoms with E-state index in [0.29, 0.717) is 22.9 Å². The van der Waals surface area contributed by atoms with Gasteiger partial charge >= 0.3 is 5.69 Å². The van der Waals surface area contributed by atoms with Crippen molar-refractivity contribution in [2.24, 2.45) is 0 Å². The molecule has 5 rings (SSSR count). The zero-order valence-electron chi connectivity index (χ0n) is 15.4. The number of aromatic nitrogens is 8. The van der Waals surface area contributed by atoms with E-state index in [1.54, 1.807) is 41.7 Å². The van der Waals surface area contributed by atoms with E-state index >= 15 is 0 Å². The summed E-state index contributed by atoms with van der Waals surface area (Å²) in [7, 11) is 0. The number of hydrogen-bond acceptors (Lipinski definition) is 7. The van der Waals surface area contributed by atoms with Crippen molar-refractivity contribution in [3.63, 3.8) is 0 Å². The Morgan fingerprint density at radius 1 is 1.14 bits per heavy atom. The van der Waals surface area contributed by atoms with Gasteiger partial charge in [-0.2, -0.15) is 10.1 Å². The molecule has 148 valence electrons. The lowest BCUT2D eigenvalue weighted by atomic mass is 9.91. The van der Waals surface area contributed by atoms with Gasteiger partial charge in [0.1, 0.15) is 23.9 Å². The van der Waals surface area contributed by atoms with E-state index < -0.39 is 0 Å². The third kappa shape index (κ3) is 3.20. The van der Waals surface area contributed by atoms with E-state index in [-0.39, 0.29) is 23.2 Å². The molecule has 0 amide bonds. The molecule has 0 saturated heterocycles. The first-order chi connectivity index (χ1) is 14.2. The fourth-order valence-electron chi connectivity index (χ4n) is 3.94. The number of hydrogen-bond donors (Lipinski definition) is 3. The van der Waals surface area contributed by atoms with Gasteiger partial charge in [-0.1, -0.05) is 0 Å². The normalized spacial score (nSPS) is 19.4. The van der Waals surface area contributed by atoms with Crippen LogP contribution in [0.4, 0.5) is 11.6 Å². The first kappa shape index (κ1) is 17.3. The molecule has 3 N–H and O–H groups in total. The molecule has 11 heteroatoms. The summed E-state index contributed by atoms with van der Waals surface area (Å²) >= 11 is 0. The second kappa shape index (κ2) is 7.00. The van der Waals surface area contributed by atoms with Crippen molar-refractivity contribution < 1.29 is 0 Å². The predicted octanol–water partition coefficient (Wildman–Crippen LogP) is 1.50. The van der Waals surface area contributed by atoms with Gasteiger partial charge in [-0.05, 0) is 37.8 Å². The third-order valence-corrected chi connectivity index (χ3v) is 5.36. The Bertz CT molecular complexity index is 1250. The first-order valence-corrected chi connectivity index (χ1v) is 9.45. The summed E-state index contributed by atoms with van der Waals surface area (Å²) in [5, 5.41) is 7.14. The smallest absolute Gasteiger partial charge is 0.327 e. The molecule has 0 aromatic carbocycles. The highest BCUT2D eigenvalue weighted by Gasteiger charge is 2.27. The topological polar surface area (TPSA) is 139 Å². The minimum absolute atomic E-state index is 0.0406. The molecule has 11 nitrogen and oxygen atoms in total. The van der Waals surface area contributed by atoms with Crippen molar-refractivity contribution in [2.45, 2.75) is 37.8 Å². The molecule has 0 aliphatic heterocycles. The highest BCUT2D eigenvalue weighted by atomic mass is 16.1. The van der Waals surface area contributed by atoms with Gasteiger partial charge in [0.05, 0.1) is 12.2 Å². The van der Waals surface area contributed by atoms with Gasteiger partial charge in [-0.3, -0.25) is 9.36 Å². The number of pyridine rings is 1. The molecule has 0 spiro atoms. The van der Waals surface area contributed by atoms with Gasteiger partial charge in [0.15, 0.2) is 5.65 Å². The predicted molar refractivity (Wildman–Crippen MR) is 105 cm³/mol. The fraction of sp³-hybridized carbons (Fsp3) is 0.333. The van der Waals surface area contributed by atoms with Crippen molar-refractivity contribution in [3.05, 3.63) is 58.0 Å². The number of aromatic amines is 2. The van der Waals surface area contributed by atoms with Crippen molar-refractivity contribution in [2.75, 3.05) is 5.32 Å². The van der Waals surface area contributed by atoms with Crippen LogP contribution >= 0.6 is 0 Å². The van der Waals surface area contributed by atoms with Crippen LogP contribution in [-0.2, 0) is 0 Å². The van der Waals surface area contributed by atoms with E-state index in [2.05, 4.69) is 35.3 Å². The Morgan fingerprint density at radius 3 is 2.72 bits per heavy atom. The van der Waals surface area contributed by atoms with Crippen molar-refractivity contribution in [3.8, 4) is 0 Å². The average molecular weight is 393 g/mol. The lowest BCUT2D eigenvalue weighted by Gasteiger charge is -2.28. The van der Waals surface area contributed by atoms with Crippen LogP contribution < -0.4 is 16.6 Å². The Hall–Kier alpha value is -3.76. The number of nitrogens with zero attached hydrogens (tertiary/aromatic N) is 6. The van der Waals surface area contributed by atoms with Crippen LogP contribution in [-0.4, -0.2) is 39.3 Å². The Balaban J connectivity index is 1.43. The van der Waals surface area contributed by atoms with Crippen molar-refractivity contribution in [1.82, 2.24) is 39.3 Å². The largest absolute Gasteiger partial charge is 0.327 e. The van der Waals surface area contributed by atoms with E-state index in [1.807, 2.05) is 4.68 Å². The molecule has 1 fully saturated rings. The highest BCUT2D eigenvalue weighted by molar-refractivity contribution is 5.71. The van der Waals surface area contributed by atoms with Gasteiger partial charge in [0.2, 0.25) is 5.95 Å². The van der Waals surface area contributed by atoms with Gasteiger partial charge in [-0.25, -0.2) is 19.4 Å². The number of imidazole rings is 1. The Morgan fingerprint density at radius 2 is 1.97 bits per heavy atom. The third-order valence-electron chi connectivity index (χ3n) is 5.36. The maximum Gasteiger partial charge on any atom is 0.327 e. The summed E-state index contributed by atoms with van der Waals surface area (Å²) in [5.41, 5.74) is 0.969. The van der Waals surface area contributed by atoms with E-state index in [9.17, 15) is 9.59 Å². The standard InChI is InChI=1S/C18H19N9O2/c28-16-13(2-1-7-20-16)23-17-21-8-14-15(25-17)27(18(29)24-14)12-5-3-11(4-6-12)26-10-19-9-22-26/h1-2,7-12H,3-6H2,(H,20,28)(H,24,29)(H,21,23,25)/t11-,12-. The molecular formula is C18H19N9O2. The Kier molecular flexibility index (Phi) is 4.19. The molecule has 1 saturated carbocycles. The summed E-state index contributed by atoms with van der Waals surface area (Å²) in [4.78, 5) is 42.6. The maximum atomic E-state index is 12.6. The number of anilines is 2. The molecular weight excluding hydrogens is 374 g/mol. The molecule has 4 aromatic heterocycles. The fourth-order valence-corrected chi connectivity index (χ4v) is 3.94. The molecule has 4 aromatic rings. The van der Waals surface area contributed by atoms with Crippen LogP contribution in [0.5, 0.6) is 0 Å². The second-order valence-corrected chi connectivity index (χ2v) is 7.11. The molecule has 29 heavy (non-hydrogen) atoms. The number of H-pyrrole nitrogens is 2. The minimum Gasteiger partial charge on any atom is -0.327 e. The van der Waals surface area contributed by atoms with Crippen LogP contribution in [0.15, 0.2) is 46.8 Å². The van der Waals surface area contributed by atoms with Crippen molar-refractivity contribution >= 4 is 22.8 Å². The molecule has 0 unspecified atom stereocenters. The van der Waals surface area contributed by atoms with Crippen LogP contribution in [0.2, 0.25) is 0 Å². The molecule has 0 bridgehead atoms. The monoisotopic (exact) mass is 393 g/mol. The molecule has 0 radical (unpaired) electrons. The number of rotatable bonds is 4. The summed E-state index contributed by atoms with van der Waals surface area (Å²) in [6, 6.07) is 3.69. The van der Waals surface area contributed by atoms with Gasteiger partial charge in [-0.15, -0.1) is 0 Å². The van der Waals surface area contributed by atoms with Crippen LogP contribution in [0.3, 0.4) is 0 Å². The summed E-state index contributed by atoms with van der Waals surface area (Å²) in [6.07, 6.45) is 9.87. The first-order valence-electron chi connectivity index (χ1n) is 9.45. The van der Waals surface area contributed by atoms with Crippen LogP contribution in [0, 0.1) is 0 Å². The van der Waals surface area contributed by atoms with Crippen LogP contribution in [0.1, 0.15) is 37.8 Å². The summed E-state index contributed by atoms with van der Waals surface area (Å²) in [5.74, 6) is 0.262. The van der Waals surface area contributed by atoms with Gasteiger partial charge in [0, 0.05) is 12.2 Å². The average Bonchev–Trinajstić information content (AvgIpc) is 3.37. The minimum atomic E-state index is -0.269. The van der Waals surface area contributed by atoms with E-state index in [1.165, 1.54) is 0 Å². The number of nitrogens with one attached hydrogen (secondary N) is 3. The van der Waals surface area contributed by atoms with E-state index in [0.717, 1.165) is 25.7 Å². The summed E-state index contributed by atoms with van der Waals surface area (Å²) < 4.78 is 3.59. The van der Waals surface area contributed by atoms with Gasteiger partial charge in [0.25, 0.3) is 5.56 Å². The Labute approximate surface area is 163 Å². The van der Waals surface area contributed by atoms with Gasteiger partial charge < -0.3 is 15.3 Å².